The van der Waals surface area contributed by atoms with E-state index in [4.69, 9.17) is 16.3 Å². The van der Waals surface area contributed by atoms with Crippen LogP contribution in [0, 0.1) is 5.92 Å². The Morgan fingerprint density at radius 1 is 1.52 bits per heavy atom. The number of hydrogen-bond acceptors (Lipinski definition) is 4. The Balaban J connectivity index is 1.97. The molecule has 0 radical (unpaired) electrons. The van der Waals surface area contributed by atoms with E-state index in [1.807, 2.05) is 33.8 Å². The molecule has 1 fully saturated rings. The first-order valence-corrected chi connectivity index (χ1v) is 8.76. The number of nitrogens with one attached hydrogen (secondary N) is 1. The topological polar surface area (TPSA) is 57.2 Å². The van der Waals surface area contributed by atoms with E-state index >= 15 is 0 Å². The highest BCUT2D eigenvalue weighted by Crippen LogP contribution is 2.31. The second-order valence-corrected chi connectivity index (χ2v) is 8.94. The fourth-order valence-electron chi connectivity index (χ4n) is 1.67. The standard InChI is InChI=1S/C15H23ClN2O2S/c1-10(18-21(19)15(2,3)4)12-7-13(16)14(17-8-12)20-9-11-5-6-11/h7-8,10-11,18H,5-6,9H2,1-4H3/t10?,21-/m1/s1. The van der Waals surface area contributed by atoms with Crippen LogP contribution >= 0.6 is 11.6 Å². The highest BCUT2D eigenvalue weighted by molar-refractivity contribution is 7.90. The summed E-state index contributed by atoms with van der Waals surface area (Å²) in [6.45, 7) is 8.43. The summed E-state index contributed by atoms with van der Waals surface area (Å²) >= 11 is 5.08. The number of halogens is 1. The molecule has 1 unspecified atom stereocenters. The van der Waals surface area contributed by atoms with Crippen molar-refractivity contribution in [3.63, 3.8) is 0 Å². The minimum absolute atomic E-state index is 0.0902. The predicted molar refractivity (Wildman–Crippen MR) is 86.9 cm³/mol. The number of hydrogen-bond donors (Lipinski definition) is 1. The summed E-state index contributed by atoms with van der Waals surface area (Å²) in [6.07, 6.45) is 4.19. The van der Waals surface area contributed by atoms with Gasteiger partial charge in [0, 0.05) is 17.6 Å². The molecule has 1 heterocycles. The minimum Gasteiger partial charge on any atom is -0.598 e. The van der Waals surface area contributed by atoms with Gasteiger partial charge in [-0.15, -0.1) is 4.72 Å². The zero-order valence-corrected chi connectivity index (χ0v) is 14.6. The molecule has 0 bridgehead atoms. The van der Waals surface area contributed by atoms with Crippen molar-refractivity contribution in [3.05, 3.63) is 22.8 Å². The molecule has 1 aromatic rings. The molecule has 118 valence electrons. The summed E-state index contributed by atoms with van der Waals surface area (Å²) < 4.78 is 20.5. The van der Waals surface area contributed by atoms with Gasteiger partial charge in [-0.25, -0.2) is 4.98 Å². The van der Waals surface area contributed by atoms with Gasteiger partial charge in [-0.1, -0.05) is 11.6 Å². The lowest BCUT2D eigenvalue weighted by Gasteiger charge is -2.26. The van der Waals surface area contributed by atoms with Gasteiger partial charge in [-0.3, -0.25) is 0 Å². The Bertz CT molecular complexity index is 489. The highest BCUT2D eigenvalue weighted by atomic mass is 35.5. The molecule has 1 saturated carbocycles. The monoisotopic (exact) mass is 330 g/mol. The minimum atomic E-state index is -1.13. The second-order valence-electron chi connectivity index (χ2n) is 6.53. The van der Waals surface area contributed by atoms with Gasteiger partial charge in [0.15, 0.2) is 0 Å². The van der Waals surface area contributed by atoms with Crippen molar-refractivity contribution in [2.24, 2.45) is 5.92 Å². The normalized spacial score (nSPS) is 18.4. The fourth-order valence-corrected chi connectivity index (χ4v) is 2.71. The van der Waals surface area contributed by atoms with Crippen LogP contribution in [0.4, 0.5) is 0 Å². The molecule has 0 spiro atoms. The van der Waals surface area contributed by atoms with Crippen LogP contribution in [-0.2, 0) is 11.4 Å². The van der Waals surface area contributed by atoms with Crippen LogP contribution in [0.1, 0.15) is 52.1 Å². The van der Waals surface area contributed by atoms with Gasteiger partial charge >= 0.3 is 0 Å². The predicted octanol–water partition coefficient (Wildman–Crippen LogP) is 3.64. The number of nitrogens with zero attached hydrogens (tertiary/aromatic N) is 1. The first-order chi connectivity index (χ1) is 9.77. The molecular weight excluding hydrogens is 308 g/mol. The number of ether oxygens (including phenoxy) is 1. The maximum absolute atomic E-state index is 12.1. The van der Waals surface area contributed by atoms with Crippen LogP contribution in [0.3, 0.4) is 0 Å². The van der Waals surface area contributed by atoms with E-state index < -0.39 is 11.4 Å². The van der Waals surface area contributed by atoms with E-state index in [-0.39, 0.29) is 10.8 Å². The van der Waals surface area contributed by atoms with E-state index in [1.165, 1.54) is 12.8 Å². The third-order valence-electron chi connectivity index (χ3n) is 3.32. The van der Waals surface area contributed by atoms with E-state index in [1.54, 1.807) is 6.20 Å². The Morgan fingerprint density at radius 3 is 2.71 bits per heavy atom. The van der Waals surface area contributed by atoms with Gasteiger partial charge in [0.05, 0.1) is 12.6 Å². The molecule has 0 aromatic carbocycles. The van der Waals surface area contributed by atoms with E-state index in [2.05, 4.69) is 9.71 Å². The van der Waals surface area contributed by atoms with Gasteiger partial charge in [0.1, 0.15) is 9.77 Å². The molecule has 0 aliphatic heterocycles. The van der Waals surface area contributed by atoms with Crippen molar-refractivity contribution in [3.8, 4) is 5.88 Å². The molecule has 2 rings (SSSR count). The lowest BCUT2D eigenvalue weighted by Crippen LogP contribution is -2.40. The van der Waals surface area contributed by atoms with Crippen LogP contribution in [0.5, 0.6) is 5.88 Å². The smallest absolute Gasteiger partial charge is 0.232 e. The van der Waals surface area contributed by atoms with Gasteiger partial charge in [0.25, 0.3) is 0 Å². The van der Waals surface area contributed by atoms with Gasteiger partial charge in [-0.2, -0.15) is 0 Å². The Labute approximate surface area is 134 Å². The maximum atomic E-state index is 12.1. The maximum Gasteiger partial charge on any atom is 0.232 e. The summed E-state index contributed by atoms with van der Waals surface area (Å²) in [5, 5.41) is 0.503. The van der Waals surface area contributed by atoms with Crippen molar-refractivity contribution in [1.82, 2.24) is 9.71 Å². The molecule has 0 saturated heterocycles. The SMILES string of the molecule is CC(N[S@+]([O-])C(C)(C)C)c1cnc(OCC2CC2)c(Cl)c1. The Kier molecular flexibility index (Phi) is 5.41. The average Bonchev–Trinajstić information content (AvgIpc) is 3.20. The van der Waals surface area contributed by atoms with Gasteiger partial charge in [-0.05, 0) is 58.1 Å². The molecule has 1 aliphatic rings. The van der Waals surface area contributed by atoms with Crippen LogP contribution in [0.25, 0.3) is 0 Å². The molecule has 6 heteroatoms. The molecule has 1 aliphatic carbocycles. The van der Waals surface area contributed by atoms with E-state index in [9.17, 15) is 4.55 Å². The van der Waals surface area contributed by atoms with Crippen molar-refractivity contribution in [1.29, 1.82) is 0 Å². The van der Waals surface area contributed by atoms with Crippen molar-refractivity contribution < 1.29 is 9.29 Å². The van der Waals surface area contributed by atoms with Crippen molar-refractivity contribution in [2.75, 3.05) is 6.61 Å². The Hall–Kier alpha value is -0.490. The largest absolute Gasteiger partial charge is 0.598 e. The van der Waals surface area contributed by atoms with Crippen LogP contribution in [-0.4, -0.2) is 20.9 Å². The number of rotatable bonds is 6. The van der Waals surface area contributed by atoms with Crippen molar-refractivity contribution in [2.45, 2.75) is 51.3 Å². The summed E-state index contributed by atoms with van der Waals surface area (Å²) in [5.41, 5.74) is 0.899. The lowest BCUT2D eigenvalue weighted by molar-refractivity contribution is 0.288. The summed E-state index contributed by atoms with van der Waals surface area (Å²) in [7, 11) is 0. The first-order valence-electron chi connectivity index (χ1n) is 7.23. The van der Waals surface area contributed by atoms with Gasteiger partial charge < -0.3 is 9.29 Å². The quantitative estimate of drug-likeness (QED) is 0.809. The molecule has 21 heavy (non-hydrogen) atoms. The Morgan fingerprint density at radius 2 is 2.19 bits per heavy atom. The third-order valence-corrected chi connectivity index (χ3v) is 5.27. The summed E-state index contributed by atoms with van der Waals surface area (Å²) in [5.74, 6) is 1.15. The number of aromatic nitrogens is 1. The first kappa shape index (κ1) is 16.9. The summed E-state index contributed by atoms with van der Waals surface area (Å²) in [6, 6.07) is 1.74. The van der Waals surface area contributed by atoms with Gasteiger partial charge in [0.2, 0.25) is 5.88 Å². The molecule has 2 atom stereocenters. The highest BCUT2D eigenvalue weighted by Gasteiger charge is 2.28. The number of pyridine rings is 1. The lowest BCUT2D eigenvalue weighted by atomic mass is 10.2. The molecule has 1 N–H and O–H groups in total. The average molecular weight is 331 g/mol. The van der Waals surface area contributed by atoms with Crippen LogP contribution < -0.4 is 9.46 Å². The molecular formula is C15H23ClN2O2S. The van der Waals surface area contributed by atoms with Crippen molar-refractivity contribution >= 4 is 23.0 Å². The van der Waals surface area contributed by atoms with E-state index in [0.717, 1.165) is 5.56 Å². The van der Waals surface area contributed by atoms with Crippen LogP contribution in [0.15, 0.2) is 12.3 Å². The zero-order chi connectivity index (χ0) is 15.6. The van der Waals surface area contributed by atoms with E-state index in [0.29, 0.717) is 23.4 Å². The molecule has 4 nitrogen and oxygen atoms in total. The second kappa shape index (κ2) is 6.73. The summed E-state index contributed by atoms with van der Waals surface area (Å²) in [4.78, 5) is 4.28. The fraction of sp³-hybridized carbons (Fsp3) is 0.667. The van der Waals surface area contributed by atoms with Crippen LogP contribution in [0.2, 0.25) is 5.02 Å². The molecule has 1 aromatic heterocycles. The molecule has 0 amide bonds. The third kappa shape index (κ3) is 5.02. The zero-order valence-electron chi connectivity index (χ0n) is 13.0.